The molecule has 6 heteroatoms. The van der Waals surface area contributed by atoms with E-state index in [4.69, 9.17) is 21.1 Å². The molecule has 5 nitrogen and oxygen atoms in total. The highest BCUT2D eigenvalue weighted by molar-refractivity contribution is 6.30. The van der Waals surface area contributed by atoms with E-state index < -0.39 is 5.79 Å². The lowest BCUT2D eigenvalue weighted by atomic mass is 10.1. The summed E-state index contributed by atoms with van der Waals surface area (Å²) in [6.45, 7) is 3.00. The van der Waals surface area contributed by atoms with Gasteiger partial charge in [-0.25, -0.2) is 9.67 Å². The summed E-state index contributed by atoms with van der Waals surface area (Å²) in [7, 11) is 0. The van der Waals surface area contributed by atoms with Gasteiger partial charge >= 0.3 is 0 Å². The van der Waals surface area contributed by atoms with Crippen LogP contribution < -0.4 is 0 Å². The molecule has 0 radical (unpaired) electrons. The molecular formula is C13H14ClN3O2. The molecule has 19 heavy (non-hydrogen) atoms. The Labute approximate surface area is 116 Å². The number of nitrogens with zero attached hydrogens (tertiary/aromatic N) is 3. The van der Waals surface area contributed by atoms with Crippen molar-refractivity contribution < 1.29 is 9.47 Å². The first kappa shape index (κ1) is 12.6. The molecule has 0 aliphatic carbocycles. The van der Waals surface area contributed by atoms with E-state index in [1.807, 2.05) is 31.2 Å². The molecule has 0 bridgehead atoms. The van der Waals surface area contributed by atoms with E-state index in [-0.39, 0.29) is 6.10 Å². The van der Waals surface area contributed by atoms with E-state index in [2.05, 4.69) is 10.1 Å². The van der Waals surface area contributed by atoms with Crippen LogP contribution in [0.3, 0.4) is 0 Å². The molecule has 1 fully saturated rings. The fourth-order valence-electron chi connectivity index (χ4n) is 2.20. The molecular weight excluding hydrogens is 266 g/mol. The van der Waals surface area contributed by atoms with Crippen molar-refractivity contribution in [1.29, 1.82) is 0 Å². The molecule has 100 valence electrons. The average Bonchev–Trinajstić information content (AvgIpc) is 3.01. The zero-order valence-electron chi connectivity index (χ0n) is 10.5. The molecule has 1 aliphatic heterocycles. The minimum Gasteiger partial charge on any atom is -0.342 e. The van der Waals surface area contributed by atoms with Gasteiger partial charge in [-0.05, 0) is 19.1 Å². The second-order valence-corrected chi connectivity index (χ2v) is 5.03. The lowest BCUT2D eigenvalue weighted by Crippen LogP contribution is -2.33. The minimum absolute atomic E-state index is 0.0409. The van der Waals surface area contributed by atoms with E-state index in [1.165, 1.54) is 6.33 Å². The maximum Gasteiger partial charge on any atom is 0.215 e. The molecule has 2 aromatic rings. The lowest BCUT2D eigenvalue weighted by molar-refractivity contribution is -0.186. The van der Waals surface area contributed by atoms with Gasteiger partial charge in [0.2, 0.25) is 5.79 Å². The molecule has 1 aliphatic rings. The van der Waals surface area contributed by atoms with Crippen LogP contribution in [0, 0.1) is 0 Å². The van der Waals surface area contributed by atoms with Crippen molar-refractivity contribution in [1.82, 2.24) is 14.8 Å². The summed E-state index contributed by atoms with van der Waals surface area (Å²) in [5, 5.41) is 4.80. The highest BCUT2D eigenvalue weighted by Gasteiger charge is 2.42. The van der Waals surface area contributed by atoms with Crippen LogP contribution in [-0.4, -0.2) is 27.5 Å². The predicted octanol–water partition coefficient (Wildman–Crippen LogP) is 2.22. The van der Waals surface area contributed by atoms with Gasteiger partial charge in [-0.1, -0.05) is 23.7 Å². The van der Waals surface area contributed by atoms with Crippen LogP contribution in [0.4, 0.5) is 0 Å². The van der Waals surface area contributed by atoms with Crippen molar-refractivity contribution >= 4 is 11.6 Å². The van der Waals surface area contributed by atoms with E-state index in [1.54, 1.807) is 11.0 Å². The Balaban J connectivity index is 1.95. The van der Waals surface area contributed by atoms with Gasteiger partial charge in [0.1, 0.15) is 19.2 Å². The molecule has 1 saturated heterocycles. The van der Waals surface area contributed by atoms with Crippen molar-refractivity contribution in [3.05, 3.63) is 47.5 Å². The first-order chi connectivity index (χ1) is 9.18. The van der Waals surface area contributed by atoms with E-state index in [9.17, 15) is 0 Å². The molecule has 1 aromatic carbocycles. The molecule has 2 heterocycles. The second kappa shape index (κ2) is 4.92. The number of benzene rings is 1. The second-order valence-electron chi connectivity index (χ2n) is 4.59. The van der Waals surface area contributed by atoms with Crippen LogP contribution >= 0.6 is 11.6 Å². The van der Waals surface area contributed by atoms with Crippen molar-refractivity contribution in [2.45, 2.75) is 25.4 Å². The lowest BCUT2D eigenvalue weighted by Gasteiger charge is -2.28. The zero-order valence-corrected chi connectivity index (χ0v) is 11.2. The molecule has 0 spiro atoms. The number of halogens is 1. The first-order valence-corrected chi connectivity index (χ1v) is 6.46. The maximum atomic E-state index is 5.99. The Kier molecular flexibility index (Phi) is 3.26. The van der Waals surface area contributed by atoms with Crippen molar-refractivity contribution in [2.75, 3.05) is 6.61 Å². The van der Waals surface area contributed by atoms with Gasteiger partial charge in [-0.2, -0.15) is 5.10 Å². The largest absolute Gasteiger partial charge is 0.342 e. The zero-order chi connectivity index (χ0) is 13.3. The molecule has 0 saturated carbocycles. The first-order valence-electron chi connectivity index (χ1n) is 6.08. The fourth-order valence-corrected chi connectivity index (χ4v) is 2.33. The molecule has 3 rings (SSSR count). The summed E-state index contributed by atoms with van der Waals surface area (Å²) in [5.74, 6) is -0.822. The van der Waals surface area contributed by atoms with Crippen molar-refractivity contribution in [3.63, 3.8) is 0 Å². The van der Waals surface area contributed by atoms with Gasteiger partial charge in [-0.15, -0.1) is 0 Å². The van der Waals surface area contributed by atoms with E-state index in [0.29, 0.717) is 18.2 Å². The van der Waals surface area contributed by atoms with Gasteiger partial charge in [0.25, 0.3) is 0 Å². The number of ether oxygens (including phenoxy) is 2. The van der Waals surface area contributed by atoms with Crippen LogP contribution in [0.15, 0.2) is 36.9 Å². The average molecular weight is 280 g/mol. The quantitative estimate of drug-likeness (QED) is 0.864. The molecule has 1 aromatic heterocycles. The fraction of sp³-hybridized carbons (Fsp3) is 0.385. The topological polar surface area (TPSA) is 49.2 Å². The normalized spacial score (nSPS) is 26.7. The number of hydrogen-bond acceptors (Lipinski definition) is 4. The van der Waals surface area contributed by atoms with Gasteiger partial charge < -0.3 is 9.47 Å². The Morgan fingerprint density at radius 2 is 2.21 bits per heavy atom. The van der Waals surface area contributed by atoms with Gasteiger partial charge in [0.05, 0.1) is 12.7 Å². The Morgan fingerprint density at radius 3 is 2.79 bits per heavy atom. The third kappa shape index (κ3) is 2.49. The molecule has 0 N–H and O–H groups in total. The predicted molar refractivity (Wildman–Crippen MR) is 69.7 cm³/mol. The molecule has 2 atom stereocenters. The summed E-state index contributed by atoms with van der Waals surface area (Å²) in [6, 6.07) is 7.49. The third-order valence-corrected chi connectivity index (χ3v) is 3.32. The SMILES string of the molecule is C[C@H]1CO[C@@](Cn2cncn2)(c2ccc(Cl)cc2)O1. The number of hydrogen-bond donors (Lipinski definition) is 0. The van der Waals surface area contributed by atoms with Crippen molar-refractivity contribution in [3.8, 4) is 0 Å². The Bertz CT molecular complexity index is 544. The van der Waals surface area contributed by atoms with E-state index >= 15 is 0 Å². The van der Waals surface area contributed by atoms with Gasteiger partial charge in [0, 0.05) is 10.6 Å². The van der Waals surface area contributed by atoms with Crippen LogP contribution in [0.2, 0.25) is 5.02 Å². The number of rotatable bonds is 3. The van der Waals surface area contributed by atoms with Crippen LogP contribution in [0.5, 0.6) is 0 Å². The summed E-state index contributed by atoms with van der Waals surface area (Å²) in [4.78, 5) is 3.94. The van der Waals surface area contributed by atoms with Crippen LogP contribution in [0.1, 0.15) is 12.5 Å². The Hall–Kier alpha value is -1.43. The van der Waals surface area contributed by atoms with Crippen molar-refractivity contribution in [2.24, 2.45) is 0 Å². The van der Waals surface area contributed by atoms with Gasteiger partial charge in [0.15, 0.2) is 0 Å². The standard InChI is InChI=1S/C13H14ClN3O2/c1-10-6-18-13(19-10,7-17-9-15-8-16-17)11-2-4-12(14)5-3-11/h2-5,8-10H,6-7H2,1H3/t10-,13+/m0/s1. The highest BCUT2D eigenvalue weighted by Crippen LogP contribution is 2.36. The summed E-state index contributed by atoms with van der Waals surface area (Å²) >= 11 is 5.93. The van der Waals surface area contributed by atoms with Crippen LogP contribution in [0.25, 0.3) is 0 Å². The molecule has 0 unspecified atom stereocenters. The maximum absolute atomic E-state index is 5.99. The van der Waals surface area contributed by atoms with E-state index in [0.717, 1.165) is 5.56 Å². The highest BCUT2D eigenvalue weighted by atomic mass is 35.5. The van der Waals surface area contributed by atoms with Gasteiger partial charge in [-0.3, -0.25) is 0 Å². The monoisotopic (exact) mass is 279 g/mol. The minimum atomic E-state index is -0.822. The van der Waals surface area contributed by atoms with Crippen LogP contribution in [-0.2, 0) is 21.8 Å². The summed E-state index contributed by atoms with van der Waals surface area (Å²) in [6.07, 6.45) is 3.18. The molecule has 0 amide bonds. The smallest absolute Gasteiger partial charge is 0.215 e. The Morgan fingerprint density at radius 1 is 1.42 bits per heavy atom. The summed E-state index contributed by atoms with van der Waals surface area (Å²) < 4.78 is 13.6. The number of aromatic nitrogens is 3. The summed E-state index contributed by atoms with van der Waals surface area (Å²) in [5.41, 5.74) is 0.928. The third-order valence-electron chi connectivity index (χ3n) is 3.06.